The third-order valence-electron chi connectivity index (χ3n) is 4.03. The maximum absolute atomic E-state index is 5.84. The molecule has 2 aromatic heterocycles. The Morgan fingerprint density at radius 2 is 1.92 bits per heavy atom. The number of benzene rings is 1. The Bertz CT molecular complexity index is 852. The first kappa shape index (κ1) is 18.7. The number of hydrogen-bond donors (Lipinski definition) is 0. The predicted molar refractivity (Wildman–Crippen MR) is 103 cm³/mol. The second-order valence-electron chi connectivity index (χ2n) is 5.65. The molecule has 3 aromatic rings. The second kappa shape index (κ2) is 9.02. The van der Waals surface area contributed by atoms with E-state index < -0.39 is 0 Å². The Labute approximate surface area is 157 Å². The minimum absolute atomic E-state index is 0.335. The predicted octanol–water partition coefficient (Wildman–Crippen LogP) is 3.72. The van der Waals surface area contributed by atoms with Crippen molar-refractivity contribution in [1.82, 2.24) is 14.5 Å². The first-order valence-corrected chi connectivity index (χ1v) is 9.75. The Balaban J connectivity index is 2.01. The molecule has 138 valence electrons. The van der Waals surface area contributed by atoms with Crippen molar-refractivity contribution in [2.75, 3.05) is 26.6 Å². The van der Waals surface area contributed by atoms with E-state index in [0.717, 1.165) is 24.0 Å². The highest BCUT2D eigenvalue weighted by atomic mass is 32.2. The molecule has 2 heterocycles. The van der Waals surface area contributed by atoms with Crippen LogP contribution in [0.2, 0.25) is 0 Å². The molecule has 0 amide bonds. The molecule has 0 saturated heterocycles. The molecule has 0 N–H and O–H groups in total. The molecular formula is C19H23N3O3S. The lowest BCUT2D eigenvalue weighted by molar-refractivity contribution is -0.275. The highest BCUT2D eigenvalue weighted by Crippen LogP contribution is 2.29. The van der Waals surface area contributed by atoms with Gasteiger partial charge in [0.2, 0.25) is 5.88 Å². The summed E-state index contributed by atoms with van der Waals surface area (Å²) in [6, 6.07) is 12.5. The van der Waals surface area contributed by atoms with Crippen LogP contribution >= 0.6 is 11.8 Å². The highest BCUT2D eigenvalue weighted by molar-refractivity contribution is 7.98. The summed E-state index contributed by atoms with van der Waals surface area (Å²) in [6.45, 7) is 3.61. The normalized spacial score (nSPS) is 11.2. The van der Waals surface area contributed by atoms with Crippen molar-refractivity contribution in [2.24, 2.45) is 0 Å². The average molecular weight is 373 g/mol. The molecule has 0 fully saturated rings. The van der Waals surface area contributed by atoms with Crippen LogP contribution in [0, 0.1) is 0 Å². The Morgan fingerprint density at radius 1 is 1.12 bits per heavy atom. The summed E-state index contributed by atoms with van der Waals surface area (Å²) >= 11 is 1.50. The molecule has 26 heavy (non-hydrogen) atoms. The molecule has 7 heteroatoms. The van der Waals surface area contributed by atoms with Crippen molar-refractivity contribution < 1.29 is 14.5 Å². The second-order valence-corrected chi connectivity index (χ2v) is 6.42. The fourth-order valence-corrected chi connectivity index (χ4v) is 3.18. The van der Waals surface area contributed by atoms with Gasteiger partial charge in [-0.25, -0.2) is 14.8 Å². The van der Waals surface area contributed by atoms with Crippen LogP contribution in [0.4, 0.5) is 0 Å². The number of hydrogen-bond acceptors (Lipinski definition) is 6. The zero-order valence-electron chi connectivity index (χ0n) is 15.3. The summed E-state index contributed by atoms with van der Waals surface area (Å²) in [4.78, 5) is 18.7. The first-order chi connectivity index (χ1) is 12.8. The third kappa shape index (κ3) is 4.17. The van der Waals surface area contributed by atoms with Gasteiger partial charge in [-0.2, -0.15) is 4.98 Å². The number of nitrogens with zero attached hydrogens (tertiary/aromatic N) is 3. The van der Waals surface area contributed by atoms with Crippen LogP contribution in [0.3, 0.4) is 0 Å². The van der Waals surface area contributed by atoms with Gasteiger partial charge in [0, 0.05) is 12.2 Å². The number of thioether (sulfide) groups is 1. The summed E-state index contributed by atoms with van der Waals surface area (Å²) in [5, 5.41) is 1.61. The van der Waals surface area contributed by atoms with Crippen molar-refractivity contribution >= 4 is 22.8 Å². The monoisotopic (exact) mass is 373 g/mol. The Morgan fingerprint density at radius 3 is 2.62 bits per heavy atom. The molecule has 0 aliphatic carbocycles. The van der Waals surface area contributed by atoms with E-state index in [-0.39, 0.29) is 0 Å². The molecule has 0 saturated carbocycles. The maximum Gasteiger partial charge on any atom is 0.227 e. The first-order valence-electron chi connectivity index (χ1n) is 8.53. The standard InChI is InChI=1S/C19H23N3O3S/c1-4-15-12-16-17(22(15)13-14-8-6-5-7-9-14)20-19(26-3)21-18(16)24-10-11-25-23-2/h5-9,12H,4,10-11,13H2,1-3H3. The van der Waals surface area contributed by atoms with E-state index in [0.29, 0.717) is 24.3 Å². The van der Waals surface area contributed by atoms with Crippen LogP contribution in [0.15, 0.2) is 41.6 Å². The van der Waals surface area contributed by atoms with Gasteiger partial charge in [-0.1, -0.05) is 49.0 Å². The molecule has 6 nitrogen and oxygen atoms in total. The summed E-state index contributed by atoms with van der Waals surface area (Å²) in [7, 11) is 1.48. The Hall–Kier alpha value is -2.09. The van der Waals surface area contributed by atoms with Crippen LogP contribution in [-0.4, -0.2) is 41.1 Å². The van der Waals surface area contributed by atoms with Crippen molar-refractivity contribution in [3.8, 4) is 5.88 Å². The van der Waals surface area contributed by atoms with Crippen molar-refractivity contribution in [1.29, 1.82) is 0 Å². The molecule has 0 radical (unpaired) electrons. The third-order valence-corrected chi connectivity index (χ3v) is 4.58. The SMILES string of the molecule is CCc1cc2c(OCCOOC)nc(SC)nc2n1Cc1ccccc1. The fourth-order valence-electron chi connectivity index (χ4n) is 2.82. The molecule has 0 aliphatic rings. The number of aryl methyl sites for hydroxylation is 1. The summed E-state index contributed by atoms with van der Waals surface area (Å²) < 4.78 is 8.08. The number of ether oxygens (including phenoxy) is 1. The minimum Gasteiger partial charge on any atom is -0.474 e. The maximum atomic E-state index is 5.84. The minimum atomic E-state index is 0.335. The van der Waals surface area contributed by atoms with Crippen molar-refractivity contribution in [3.05, 3.63) is 47.7 Å². The van der Waals surface area contributed by atoms with Crippen LogP contribution in [0.5, 0.6) is 5.88 Å². The molecule has 0 bridgehead atoms. The van der Waals surface area contributed by atoms with Crippen LogP contribution in [0.1, 0.15) is 18.2 Å². The van der Waals surface area contributed by atoms with Gasteiger partial charge >= 0.3 is 0 Å². The van der Waals surface area contributed by atoms with Gasteiger partial charge in [0.05, 0.1) is 12.5 Å². The molecule has 0 aliphatic heterocycles. The zero-order valence-corrected chi connectivity index (χ0v) is 16.1. The molecule has 0 unspecified atom stereocenters. The van der Waals surface area contributed by atoms with Crippen LogP contribution in [-0.2, 0) is 22.7 Å². The Kier molecular flexibility index (Phi) is 6.49. The fraction of sp³-hybridized carbons (Fsp3) is 0.368. The van der Waals surface area contributed by atoms with Gasteiger partial charge in [-0.15, -0.1) is 0 Å². The van der Waals surface area contributed by atoms with Gasteiger partial charge in [-0.05, 0) is 24.3 Å². The molecule has 0 spiro atoms. The van der Waals surface area contributed by atoms with Gasteiger partial charge in [0.1, 0.15) is 18.9 Å². The van der Waals surface area contributed by atoms with E-state index in [9.17, 15) is 0 Å². The largest absolute Gasteiger partial charge is 0.474 e. The number of aromatic nitrogens is 3. The zero-order chi connectivity index (χ0) is 18.4. The molecule has 1 aromatic carbocycles. The quantitative estimate of drug-likeness (QED) is 0.187. The summed E-state index contributed by atoms with van der Waals surface area (Å²) in [5.41, 5.74) is 3.34. The molecule has 0 atom stereocenters. The highest BCUT2D eigenvalue weighted by Gasteiger charge is 2.16. The van der Waals surface area contributed by atoms with Gasteiger partial charge in [-0.3, -0.25) is 0 Å². The lowest BCUT2D eigenvalue weighted by Crippen LogP contribution is -2.08. The van der Waals surface area contributed by atoms with E-state index in [1.54, 1.807) is 0 Å². The van der Waals surface area contributed by atoms with Crippen molar-refractivity contribution in [3.63, 3.8) is 0 Å². The van der Waals surface area contributed by atoms with Crippen LogP contribution < -0.4 is 4.74 Å². The van der Waals surface area contributed by atoms with Gasteiger partial charge < -0.3 is 9.30 Å². The summed E-state index contributed by atoms with van der Waals surface area (Å²) in [6.07, 6.45) is 2.87. The summed E-state index contributed by atoms with van der Waals surface area (Å²) in [5.74, 6) is 0.584. The van der Waals surface area contributed by atoms with Gasteiger partial charge in [0.15, 0.2) is 5.16 Å². The van der Waals surface area contributed by atoms with Crippen LogP contribution in [0.25, 0.3) is 11.0 Å². The molecular weight excluding hydrogens is 350 g/mol. The van der Waals surface area contributed by atoms with Gasteiger partial charge in [0.25, 0.3) is 0 Å². The van der Waals surface area contributed by atoms with Crippen molar-refractivity contribution in [2.45, 2.75) is 25.0 Å². The van der Waals surface area contributed by atoms with E-state index in [1.807, 2.05) is 12.3 Å². The number of rotatable bonds is 9. The van der Waals surface area contributed by atoms with E-state index in [2.05, 4.69) is 51.7 Å². The smallest absolute Gasteiger partial charge is 0.227 e. The molecule has 3 rings (SSSR count). The topological polar surface area (TPSA) is 58.4 Å². The van der Waals surface area contributed by atoms with E-state index in [4.69, 9.17) is 14.6 Å². The average Bonchev–Trinajstić information content (AvgIpc) is 3.03. The lowest BCUT2D eigenvalue weighted by Gasteiger charge is -2.11. The lowest BCUT2D eigenvalue weighted by atomic mass is 10.2. The van der Waals surface area contributed by atoms with E-state index in [1.165, 1.54) is 30.1 Å². The van der Waals surface area contributed by atoms with E-state index >= 15 is 0 Å². The number of fused-ring (bicyclic) bond motifs is 1.